The Bertz CT molecular complexity index is 1240. The van der Waals surface area contributed by atoms with Crippen LogP contribution in [0.4, 0.5) is 9.59 Å². The zero-order valence-electron chi connectivity index (χ0n) is 24.6. The standard InChI is InChI=1S/C30H38N2O8S2/c1-29(2,3)39-26(35)24(32-28(37)40-30(4,5)6)17-42-41-16-23(25(33)34)31-27(36)38-15-22-20-13-9-7-11-18(20)19-12-8-10-14-21(19)22/h7-14,22-24H,15-17H2,1-6H3,(H,31,36)(H,32,37)(H,33,34)/t23-,24?/m0/s1. The fourth-order valence-electron chi connectivity index (χ4n) is 4.18. The van der Waals surface area contributed by atoms with Gasteiger partial charge in [0.1, 0.15) is 29.9 Å². The number of fused-ring (bicyclic) bond motifs is 3. The average molecular weight is 619 g/mol. The number of carboxylic acid groups (broad SMARTS) is 1. The maximum absolute atomic E-state index is 12.7. The second kappa shape index (κ2) is 14.2. The highest BCUT2D eigenvalue weighted by Crippen LogP contribution is 2.44. The third-order valence-electron chi connectivity index (χ3n) is 5.87. The van der Waals surface area contributed by atoms with Crippen LogP contribution in [0.25, 0.3) is 11.1 Å². The van der Waals surface area contributed by atoms with Crippen LogP contribution in [0, 0.1) is 0 Å². The van der Waals surface area contributed by atoms with Crippen LogP contribution in [0.15, 0.2) is 48.5 Å². The third kappa shape index (κ3) is 9.87. The number of benzene rings is 2. The molecule has 0 bridgehead atoms. The average Bonchev–Trinajstić information content (AvgIpc) is 3.20. The first-order valence-electron chi connectivity index (χ1n) is 13.5. The van der Waals surface area contributed by atoms with Crippen LogP contribution < -0.4 is 10.6 Å². The molecule has 0 saturated heterocycles. The predicted octanol–water partition coefficient (Wildman–Crippen LogP) is 5.59. The second-order valence-electron chi connectivity index (χ2n) is 11.7. The number of ether oxygens (including phenoxy) is 3. The number of esters is 1. The number of hydrogen-bond donors (Lipinski definition) is 3. The summed E-state index contributed by atoms with van der Waals surface area (Å²) in [5, 5.41) is 14.6. The number of amides is 2. The van der Waals surface area contributed by atoms with E-state index >= 15 is 0 Å². The molecule has 10 nitrogen and oxygen atoms in total. The van der Waals surface area contributed by atoms with Crippen LogP contribution in [-0.2, 0) is 23.8 Å². The minimum Gasteiger partial charge on any atom is -0.480 e. The van der Waals surface area contributed by atoms with E-state index in [0.29, 0.717) is 0 Å². The molecule has 0 spiro atoms. The summed E-state index contributed by atoms with van der Waals surface area (Å²) in [4.78, 5) is 49.4. The lowest BCUT2D eigenvalue weighted by molar-refractivity contribution is -0.156. The molecular weight excluding hydrogens is 580 g/mol. The first kappa shape index (κ1) is 33.1. The summed E-state index contributed by atoms with van der Waals surface area (Å²) in [6, 6.07) is 13.6. The zero-order valence-corrected chi connectivity index (χ0v) is 26.2. The van der Waals surface area contributed by atoms with Crippen LogP contribution in [0.2, 0.25) is 0 Å². The fraction of sp³-hybridized carbons (Fsp3) is 0.467. The molecule has 3 rings (SSSR count). The van der Waals surface area contributed by atoms with Crippen molar-refractivity contribution in [2.24, 2.45) is 0 Å². The summed E-state index contributed by atoms with van der Waals surface area (Å²) in [7, 11) is 2.28. The van der Waals surface area contributed by atoms with E-state index in [-0.39, 0.29) is 24.0 Å². The topological polar surface area (TPSA) is 140 Å². The lowest BCUT2D eigenvalue weighted by Crippen LogP contribution is -2.47. The number of carbonyl (C=O) groups is 4. The van der Waals surface area contributed by atoms with Crippen LogP contribution in [0.5, 0.6) is 0 Å². The van der Waals surface area contributed by atoms with E-state index in [0.717, 1.165) is 43.8 Å². The van der Waals surface area contributed by atoms with Gasteiger partial charge < -0.3 is 30.0 Å². The monoisotopic (exact) mass is 618 g/mol. The molecule has 3 N–H and O–H groups in total. The molecule has 1 aliphatic carbocycles. The molecule has 0 aromatic heterocycles. The quantitative estimate of drug-likeness (QED) is 0.126. The van der Waals surface area contributed by atoms with E-state index in [4.69, 9.17) is 14.2 Å². The number of rotatable bonds is 11. The van der Waals surface area contributed by atoms with Gasteiger partial charge in [-0.3, -0.25) is 0 Å². The summed E-state index contributed by atoms with van der Waals surface area (Å²) in [6.07, 6.45) is -1.61. The maximum atomic E-state index is 12.7. The summed E-state index contributed by atoms with van der Waals surface area (Å²) in [6.45, 7) is 10.3. The van der Waals surface area contributed by atoms with Crippen molar-refractivity contribution in [3.05, 3.63) is 59.7 Å². The van der Waals surface area contributed by atoms with E-state index in [1.807, 2.05) is 48.5 Å². The molecule has 0 fully saturated rings. The number of carbonyl (C=O) groups excluding carboxylic acids is 3. The Morgan fingerprint density at radius 3 is 1.74 bits per heavy atom. The van der Waals surface area contributed by atoms with Crippen molar-refractivity contribution in [2.45, 2.75) is 70.7 Å². The molecule has 2 aromatic carbocycles. The largest absolute Gasteiger partial charge is 0.480 e. The first-order valence-corrected chi connectivity index (χ1v) is 15.9. The van der Waals surface area contributed by atoms with Crippen molar-refractivity contribution in [2.75, 3.05) is 18.1 Å². The number of nitrogens with one attached hydrogen (secondary N) is 2. The molecule has 1 unspecified atom stereocenters. The Balaban J connectivity index is 1.53. The summed E-state index contributed by atoms with van der Waals surface area (Å²) >= 11 is 0. The van der Waals surface area contributed by atoms with Crippen molar-refractivity contribution in [3.8, 4) is 11.1 Å². The van der Waals surface area contributed by atoms with Crippen molar-refractivity contribution in [3.63, 3.8) is 0 Å². The number of alkyl carbamates (subject to hydrolysis) is 2. The lowest BCUT2D eigenvalue weighted by atomic mass is 9.98. The van der Waals surface area contributed by atoms with Gasteiger partial charge in [0.15, 0.2) is 0 Å². The molecule has 2 amide bonds. The first-order chi connectivity index (χ1) is 19.6. The van der Waals surface area contributed by atoms with E-state index in [1.54, 1.807) is 41.5 Å². The van der Waals surface area contributed by atoms with Crippen molar-refractivity contribution < 1.29 is 38.5 Å². The van der Waals surface area contributed by atoms with Gasteiger partial charge in [-0.25, -0.2) is 19.2 Å². The third-order valence-corrected chi connectivity index (χ3v) is 8.29. The molecule has 2 aromatic rings. The van der Waals surface area contributed by atoms with E-state index in [2.05, 4.69) is 10.6 Å². The van der Waals surface area contributed by atoms with Gasteiger partial charge in [-0.15, -0.1) is 0 Å². The Labute approximate surface area is 254 Å². The number of carboxylic acids is 1. The van der Waals surface area contributed by atoms with Crippen molar-refractivity contribution in [1.29, 1.82) is 0 Å². The molecule has 12 heteroatoms. The Morgan fingerprint density at radius 1 is 0.762 bits per heavy atom. The fourth-order valence-corrected chi connectivity index (χ4v) is 6.48. The molecule has 1 aliphatic rings. The van der Waals surface area contributed by atoms with Crippen molar-refractivity contribution >= 4 is 45.7 Å². The summed E-state index contributed by atoms with van der Waals surface area (Å²) < 4.78 is 16.1. The van der Waals surface area contributed by atoms with Gasteiger partial charge in [0.05, 0.1) is 0 Å². The highest BCUT2D eigenvalue weighted by molar-refractivity contribution is 8.76. The van der Waals surface area contributed by atoms with Gasteiger partial charge in [0.25, 0.3) is 0 Å². The number of hydrogen-bond acceptors (Lipinski definition) is 9. The minimum absolute atomic E-state index is 0.0162. The van der Waals surface area contributed by atoms with Gasteiger partial charge in [-0.2, -0.15) is 0 Å². The van der Waals surface area contributed by atoms with Crippen LogP contribution in [-0.4, -0.2) is 70.6 Å². The minimum atomic E-state index is -1.24. The molecule has 2 atom stereocenters. The van der Waals surface area contributed by atoms with Crippen LogP contribution >= 0.6 is 21.6 Å². The van der Waals surface area contributed by atoms with Crippen molar-refractivity contribution in [1.82, 2.24) is 10.6 Å². The maximum Gasteiger partial charge on any atom is 0.408 e. The molecule has 0 aliphatic heterocycles. The molecule has 0 saturated carbocycles. The van der Waals surface area contributed by atoms with Gasteiger partial charge >= 0.3 is 24.1 Å². The van der Waals surface area contributed by atoms with Crippen LogP contribution in [0.1, 0.15) is 58.6 Å². The number of aliphatic carboxylic acids is 1. The van der Waals surface area contributed by atoms with Gasteiger partial charge in [0, 0.05) is 17.4 Å². The molecular formula is C30H38N2O8S2. The lowest BCUT2D eigenvalue weighted by Gasteiger charge is -2.26. The molecule has 228 valence electrons. The Hall–Kier alpha value is -3.38. The van der Waals surface area contributed by atoms with Gasteiger partial charge in [0.2, 0.25) is 0 Å². The SMILES string of the molecule is CC(C)(C)OC(=O)NC(CSSC[C@H](NC(=O)OCC1c2ccccc2-c2ccccc21)C(=O)O)C(=O)OC(C)(C)C. The van der Waals surface area contributed by atoms with Gasteiger partial charge in [-0.1, -0.05) is 70.1 Å². The molecule has 0 heterocycles. The zero-order chi connectivity index (χ0) is 31.1. The van der Waals surface area contributed by atoms with E-state index in [1.165, 1.54) is 0 Å². The highest BCUT2D eigenvalue weighted by atomic mass is 33.1. The Kier molecular flexibility index (Phi) is 11.2. The van der Waals surface area contributed by atoms with E-state index in [9.17, 15) is 24.3 Å². The summed E-state index contributed by atoms with van der Waals surface area (Å²) in [5.41, 5.74) is 2.74. The Morgan fingerprint density at radius 2 is 1.24 bits per heavy atom. The highest BCUT2D eigenvalue weighted by Gasteiger charge is 2.31. The second-order valence-corrected chi connectivity index (χ2v) is 14.2. The van der Waals surface area contributed by atoms with E-state index < -0.39 is 47.4 Å². The molecule has 42 heavy (non-hydrogen) atoms. The smallest absolute Gasteiger partial charge is 0.408 e. The molecule has 0 radical (unpaired) electrons. The summed E-state index contributed by atoms with van der Waals surface area (Å²) in [5.74, 6) is -1.97. The van der Waals surface area contributed by atoms with Gasteiger partial charge in [-0.05, 0) is 63.8 Å². The van der Waals surface area contributed by atoms with Crippen LogP contribution in [0.3, 0.4) is 0 Å². The normalized spacial score (nSPS) is 14.1. The predicted molar refractivity (Wildman–Crippen MR) is 164 cm³/mol.